The lowest BCUT2D eigenvalue weighted by molar-refractivity contribution is -0.122. The molecule has 3 heterocycles. The minimum atomic E-state index is -1.34. The molecule has 0 spiro atoms. The number of aryl methyl sites for hydroxylation is 1. The molecular weight excluding hydrogens is 367 g/mol. The Balaban J connectivity index is 1.95. The topological polar surface area (TPSA) is 131 Å². The molecule has 148 valence electrons. The Bertz CT molecular complexity index is 1090. The molecule has 2 fully saturated rings. The van der Waals surface area contributed by atoms with Gasteiger partial charge in [-0.1, -0.05) is 0 Å². The average Bonchev–Trinajstić information content (AvgIpc) is 3.38. The molecule has 2 aromatic rings. The van der Waals surface area contributed by atoms with Crippen molar-refractivity contribution in [1.29, 1.82) is 0 Å². The summed E-state index contributed by atoms with van der Waals surface area (Å²) >= 11 is 0. The van der Waals surface area contributed by atoms with E-state index in [1.54, 1.807) is 11.8 Å². The van der Waals surface area contributed by atoms with Gasteiger partial charge < -0.3 is 21.5 Å². The smallest absolute Gasteiger partial charge is 0.341 e. The second kappa shape index (κ2) is 6.03. The fourth-order valence-electron chi connectivity index (χ4n) is 4.11. The SMILES string of the molecule is Cc1c(N2CCC(N)(C(N)=O)C2)c(F)cn2c(=O)c(C(=O)O)cc(C3CC3)c12. The summed E-state index contributed by atoms with van der Waals surface area (Å²) in [7, 11) is 0. The number of fused-ring (bicyclic) bond motifs is 1. The van der Waals surface area contributed by atoms with Crippen LogP contribution in [-0.4, -0.2) is 40.0 Å². The molecular formula is C19H21FN4O4. The van der Waals surface area contributed by atoms with Gasteiger partial charge in [0.1, 0.15) is 11.1 Å². The van der Waals surface area contributed by atoms with Gasteiger partial charge in [-0.2, -0.15) is 0 Å². The molecule has 2 aromatic heterocycles. The fourth-order valence-corrected chi connectivity index (χ4v) is 4.11. The van der Waals surface area contributed by atoms with Gasteiger partial charge in [-0.05, 0) is 49.3 Å². The van der Waals surface area contributed by atoms with Gasteiger partial charge >= 0.3 is 5.97 Å². The fraction of sp³-hybridized carbons (Fsp3) is 0.421. The van der Waals surface area contributed by atoms with Crippen LogP contribution < -0.4 is 21.9 Å². The van der Waals surface area contributed by atoms with Crippen LogP contribution in [0, 0.1) is 12.7 Å². The first-order valence-corrected chi connectivity index (χ1v) is 9.09. The third-order valence-corrected chi connectivity index (χ3v) is 5.80. The molecule has 1 aliphatic carbocycles. The number of anilines is 1. The molecule has 8 nitrogen and oxygen atoms in total. The van der Waals surface area contributed by atoms with Crippen molar-refractivity contribution in [2.45, 2.75) is 37.6 Å². The summed E-state index contributed by atoms with van der Waals surface area (Å²) in [4.78, 5) is 37.4. The summed E-state index contributed by atoms with van der Waals surface area (Å²) in [5.41, 5.74) is 11.1. The van der Waals surface area contributed by atoms with Crippen molar-refractivity contribution in [2.24, 2.45) is 11.5 Å². The van der Waals surface area contributed by atoms with E-state index in [0.717, 1.165) is 29.0 Å². The van der Waals surface area contributed by atoms with Crippen LogP contribution in [-0.2, 0) is 4.79 Å². The van der Waals surface area contributed by atoms with Crippen molar-refractivity contribution in [3.05, 3.63) is 45.1 Å². The second-order valence-corrected chi connectivity index (χ2v) is 7.76. The normalized spacial score (nSPS) is 22.0. The number of nitrogens with two attached hydrogens (primary N) is 2. The molecule has 5 N–H and O–H groups in total. The van der Waals surface area contributed by atoms with Crippen LogP contribution in [0.5, 0.6) is 0 Å². The van der Waals surface area contributed by atoms with Gasteiger partial charge in [-0.15, -0.1) is 0 Å². The van der Waals surface area contributed by atoms with E-state index >= 15 is 4.39 Å². The lowest BCUT2D eigenvalue weighted by atomic mass is 9.99. The van der Waals surface area contributed by atoms with E-state index in [4.69, 9.17) is 11.5 Å². The molecule has 1 saturated carbocycles. The number of rotatable bonds is 4. The molecule has 9 heteroatoms. The number of hydrogen-bond donors (Lipinski definition) is 3. The second-order valence-electron chi connectivity index (χ2n) is 7.76. The Morgan fingerprint density at radius 1 is 1.36 bits per heavy atom. The molecule has 2 aliphatic rings. The molecule has 1 unspecified atom stereocenters. The first kappa shape index (κ1) is 18.4. The van der Waals surface area contributed by atoms with Crippen molar-refractivity contribution in [3.8, 4) is 0 Å². The number of hydrogen-bond acceptors (Lipinski definition) is 5. The monoisotopic (exact) mass is 388 g/mol. The zero-order chi connectivity index (χ0) is 20.4. The summed E-state index contributed by atoms with van der Waals surface area (Å²) in [6, 6.07) is 1.41. The first-order valence-electron chi connectivity index (χ1n) is 9.09. The highest BCUT2D eigenvalue weighted by atomic mass is 19.1. The van der Waals surface area contributed by atoms with Gasteiger partial charge in [0.2, 0.25) is 5.91 Å². The van der Waals surface area contributed by atoms with E-state index in [1.165, 1.54) is 6.07 Å². The predicted molar refractivity (Wildman–Crippen MR) is 100 cm³/mol. The summed E-state index contributed by atoms with van der Waals surface area (Å²) in [5.74, 6) is -2.51. The number of carbonyl (C=O) groups excluding carboxylic acids is 1. The van der Waals surface area contributed by atoms with Crippen LogP contribution in [0.25, 0.3) is 5.52 Å². The number of pyridine rings is 2. The van der Waals surface area contributed by atoms with E-state index in [1.807, 2.05) is 0 Å². The molecule has 1 saturated heterocycles. The highest BCUT2D eigenvalue weighted by molar-refractivity contribution is 5.89. The standard InChI is InChI=1S/C19H21FN4O4/c1-9-14-11(10-2-3-10)6-12(17(26)27)16(25)24(14)7-13(20)15(9)23-5-4-19(22,8-23)18(21)28/h6-7,10H,2-5,8,22H2,1H3,(H2,21,28)(H,26,27). The lowest BCUT2D eigenvalue weighted by Gasteiger charge is -2.26. The van der Waals surface area contributed by atoms with Crippen molar-refractivity contribution in [2.75, 3.05) is 18.0 Å². The van der Waals surface area contributed by atoms with Crippen LogP contribution in [0.15, 0.2) is 17.1 Å². The number of carbonyl (C=O) groups is 2. The van der Waals surface area contributed by atoms with Gasteiger partial charge in [0.15, 0.2) is 5.82 Å². The summed E-state index contributed by atoms with van der Waals surface area (Å²) < 4.78 is 16.1. The van der Waals surface area contributed by atoms with Crippen molar-refractivity contribution in [3.63, 3.8) is 0 Å². The van der Waals surface area contributed by atoms with E-state index in [-0.39, 0.29) is 23.7 Å². The lowest BCUT2D eigenvalue weighted by Crippen LogP contribution is -2.54. The quantitative estimate of drug-likeness (QED) is 0.707. The Hall–Kier alpha value is -2.94. The van der Waals surface area contributed by atoms with Gasteiger partial charge in [-0.25, -0.2) is 9.18 Å². The maximum Gasteiger partial charge on any atom is 0.341 e. The van der Waals surface area contributed by atoms with E-state index in [9.17, 15) is 19.5 Å². The van der Waals surface area contributed by atoms with Crippen molar-refractivity contribution in [1.82, 2.24) is 4.40 Å². The van der Waals surface area contributed by atoms with Crippen LogP contribution >= 0.6 is 0 Å². The first-order chi connectivity index (χ1) is 13.1. The van der Waals surface area contributed by atoms with Crippen molar-refractivity contribution >= 4 is 23.1 Å². The summed E-state index contributed by atoms with van der Waals surface area (Å²) in [6.45, 7) is 2.12. The Morgan fingerprint density at radius 3 is 2.57 bits per heavy atom. The van der Waals surface area contributed by atoms with Crippen LogP contribution in [0.4, 0.5) is 10.1 Å². The number of amides is 1. The molecule has 1 atom stereocenters. The van der Waals surface area contributed by atoms with Gasteiger partial charge in [-0.3, -0.25) is 14.0 Å². The third kappa shape index (κ3) is 2.65. The Kier molecular flexibility index (Phi) is 3.97. The average molecular weight is 388 g/mol. The number of halogens is 1. The highest BCUT2D eigenvalue weighted by Gasteiger charge is 2.41. The third-order valence-electron chi connectivity index (χ3n) is 5.80. The number of carboxylic acids is 1. The molecule has 0 aromatic carbocycles. The molecule has 28 heavy (non-hydrogen) atoms. The van der Waals surface area contributed by atoms with Gasteiger partial charge in [0.05, 0.1) is 17.4 Å². The van der Waals surface area contributed by atoms with Gasteiger partial charge in [0, 0.05) is 13.1 Å². The van der Waals surface area contributed by atoms with Crippen molar-refractivity contribution < 1.29 is 19.1 Å². The molecule has 1 aliphatic heterocycles. The van der Waals surface area contributed by atoms with Crippen LogP contribution in [0.2, 0.25) is 0 Å². The Labute approximate surface area is 159 Å². The predicted octanol–water partition coefficient (Wildman–Crippen LogP) is 0.716. The molecule has 1 amide bonds. The van der Waals surface area contributed by atoms with E-state index in [2.05, 4.69) is 0 Å². The number of primary amides is 1. The molecule has 0 radical (unpaired) electrons. The van der Waals surface area contributed by atoms with E-state index in [0.29, 0.717) is 24.0 Å². The number of carboxylic acid groups (broad SMARTS) is 1. The largest absolute Gasteiger partial charge is 0.477 e. The minimum Gasteiger partial charge on any atom is -0.477 e. The maximum absolute atomic E-state index is 15.0. The summed E-state index contributed by atoms with van der Waals surface area (Å²) in [6.07, 6.45) is 3.10. The molecule has 0 bridgehead atoms. The maximum atomic E-state index is 15.0. The molecule has 4 rings (SSSR count). The van der Waals surface area contributed by atoms with Gasteiger partial charge in [0.25, 0.3) is 5.56 Å². The highest BCUT2D eigenvalue weighted by Crippen LogP contribution is 2.44. The zero-order valence-electron chi connectivity index (χ0n) is 15.4. The number of aromatic nitrogens is 1. The number of nitrogens with zero attached hydrogens (tertiary/aromatic N) is 2. The Morgan fingerprint density at radius 2 is 2.04 bits per heavy atom. The minimum absolute atomic E-state index is 0.0759. The van der Waals surface area contributed by atoms with E-state index < -0.39 is 28.8 Å². The van der Waals surface area contributed by atoms with Crippen LogP contribution in [0.3, 0.4) is 0 Å². The summed E-state index contributed by atoms with van der Waals surface area (Å²) in [5, 5.41) is 9.35. The van der Waals surface area contributed by atoms with Crippen LogP contribution in [0.1, 0.15) is 46.7 Å². The number of aromatic carboxylic acids is 1. The zero-order valence-corrected chi connectivity index (χ0v) is 15.4.